The predicted octanol–water partition coefficient (Wildman–Crippen LogP) is 0.880. The summed E-state index contributed by atoms with van der Waals surface area (Å²) in [5.74, 6) is 0. The third kappa shape index (κ3) is 11.7. The summed E-state index contributed by atoms with van der Waals surface area (Å²) in [6, 6.07) is 0. The average Bonchev–Trinajstić information content (AvgIpc) is 2.36. The maximum atomic E-state index is 9.75. The van der Waals surface area contributed by atoms with E-state index in [4.69, 9.17) is 0 Å². The molecular weight excluding hydrogens is 187 g/mol. The molecule has 0 saturated carbocycles. The van der Waals surface area contributed by atoms with Crippen LogP contribution in [0.3, 0.4) is 0 Å². The summed E-state index contributed by atoms with van der Waals surface area (Å²) in [7, 11) is -6.00. The second-order valence-electron chi connectivity index (χ2n) is 2.83. The van der Waals surface area contributed by atoms with Crippen LogP contribution in [0, 0.1) is 0 Å². The second-order valence-corrected chi connectivity index (χ2v) is 2.83. The zero-order chi connectivity index (χ0) is 10.3. The third-order valence-corrected chi connectivity index (χ3v) is 1.58. The molecule has 13 heavy (non-hydrogen) atoms. The molecule has 1 aliphatic rings. The van der Waals surface area contributed by atoms with Gasteiger partial charge in [0.2, 0.25) is 0 Å². The van der Waals surface area contributed by atoms with E-state index in [1.54, 1.807) is 0 Å². The molecule has 0 spiro atoms. The van der Waals surface area contributed by atoms with Crippen molar-refractivity contribution in [3.63, 3.8) is 0 Å². The minimum absolute atomic E-state index is 1.19. The largest absolute Gasteiger partial charge is 0.673 e. The summed E-state index contributed by atoms with van der Waals surface area (Å²) in [5.41, 5.74) is 2.30. The molecule has 0 aromatic rings. The van der Waals surface area contributed by atoms with Gasteiger partial charge in [-0.05, 0) is 19.8 Å². The van der Waals surface area contributed by atoms with Gasteiger partial charge in [0.25, 0.3) is 0 Å². The molecule has 1 fully saturated rings. The number of quaternary nitrogens is 1. The fourth-order valence-corrected chi connectivity index (χ4v) is 1.18. The van der Waals surface area contributed by atoms with Crippen molar-refractivity contribution < 1.29 is 22.7 Å². The molecule has 0 aliphatic carbocycles. The predicted molar refractivity (Wildman–Crippen MR) is 43.5 cm³/mol. The van der Waals surface area contributed by atoms with E-state index in [1.165, 1.54) is 32.5 Å². The fraction of sp³-hybridized carbons (Fsp3) is 1.00. The molecule has 0 unspecified atom stereocenters. The van der Waals surface area contributed by atoms with E-state index < -0.39 is 7.25 Å². The van der Waals surface area contributed by atoms with Crippen molar-refractivity contribution in [1.29, 1.82) is 0 Å². The quantitative estimate of drug-likeness (QED) is 0.400. The topological polar surface area (TPSA) is 19.9 Å². The average molecular weight is 202 g/mol. The molecule has 1 heterocycles. The van der Waals surface area contributed by atoms with Gasteiger partial charge in [-0.15, -0.1) is 0 Å². The summed E-state index contributed by atoms with van der Waals surface area (Å²) in [6.07, 6.45) is 2.80. The Kier molecular flexibility index (Phi) is 6.06. The Morgan fingerprint density at radius 1 is 1.15 bits per heavy atom. The first-order chi connectivity index (χ1) is 5.93. The van der Waals surface area contributed by atoms with Gasteiger partial charge >= 0.3 is 7.25 Å². The van der Waals surface area contributed by atoms with Crippen LogP contribution in [-0.2, 0) is 0 Å². The number of halogens is 4. The van der Waals surface area contributed by atoms with Crippen molar-refractivity contribution in [2.24, 2.45) is 0 Å². The maximum absolute atomic E-state index is 9.75. The van der Waals surface area contributed by atoms with Gasteiger partial charge in [0, 0.05) is 13.1 Å². The molecule has 2 nitrogen and oxygen atoms in total. The van der Waals surface area contributed by atoms with Gasteiger partial charge in [-0.25, -0.2) is 0 Å². The third-order valence-electron chi connectivity index (χ3n) is 1.58. The number of hydrogen-bond acceptors (Lipinski definition) is 1. The minimum Gasteiger partial charge on any atom is -0.418 e. The first kappa shape index (κ1) is 12.7. The number of nitrogens with zero attached hydrogens (tertiary/aromatic N) is 1. The van der Waals surface area contributed by atoms with Crippen LogP contribution < -0.4 is 5.43 Å². The number of nitrogens with two attached hydrogens (primary N) is 1. The van der Waals surface area contributed by atoms with E-state index in [9.17, 15) is 17.3 Å². The Balaban J connectivity index is 0.000000252. The molecule has 80 valence electrons. The second kappa shape index (κ2) is 6.20. The zero-order valence-corrected chi connectivity index (χ0v) is 7.65. The molecule has 0 amide bonds. The van der Waals surface area contributed by atoms with Crippen molar-refractivity contribution in [2.45, 2.75) is 19.8 Å². The van der Waals surface area contributed by atoms with Crippen LogP contribution in [0.1, 0.15) is 19.8 Å². The van der Waals surface area contributed by atoms with Crippen LogP contribution in [0.4, 0.5) is 17.3 Å². The molecule has 0 radical (unpaired) electrons. The van der Waals surface area contributed by atoms with E-state index in [-0.39, 0.29) is 0 Å². The van der Waals surface area contributed by atoms with Gasteiger partial charge in [0.1, 0.15) is 0 Å². The Morgan fingerprint density at radius 3 is 1.85 bits per heavy atom. The Hall–Kier alpha value is -0.295. The van der Waals surface area contributed by atoms with Crippen LogP contribution in [0.15, 0.2) is 0 Å². The molecule has 7 heteroatoms. The molecule has 2 N–H and O–H groups in total. The monoisotopic (exact) mass is 202 g/mol. The molecule has 0 aromatic carbocycles. The lowest BCUT2D eigenvalue weighted by Gasteiger charge is -2.08. The minimum atomic E-state index is -6.00. The smallest absolute Gasteiger partial charge is 0.418 e. The highest BCUT2D eigenvalue weighted by Crippen LogP contribution is 2.06. The van der Waals surface area contributed by atoms with Crippen molar-refractivity contribution in [3.8, 4) is 0 Å². The molecule has 1 rings (SSSR count). The van der Waals surface area contributed by atoms with Crippen LogP contribution >= 0.6 is 0 Å². The summed E-state index contributed by atoms with van der Waals surface area (Å²) in [4.78, 5) is 0. The lowest BCUT2D eigenvalue weighted by molar-refractivity contribution is -0.798. The first-order valence-corrected chi connectivity index (χ1v) is 4.38. The van der Waals surface area contributed by atoms with Crippen LogP contribution in [-0.4, -0.2) is 31.9 Å². The molecule has 1 aliphatic heterocycles. The number of rotatable bonds is 2. The van der Waals surface area contributed by atoms with E-state index in [0.717, 1.165) is 0 Å². The van der Waals surface area contributed by atoms with Gasteiger partial charge in [-0.1, -0.05) is 0 Å². The van der Waals surface area contributed by atoms with Crippen LogP contribution in [0.2, 0.25) is 0 Å². The highest BCUT2D eigenvalue weighted by atomic mass is 19.5. The highest BCUT2D eigenvalue weighted by molar-refractivity contribution is 6.50. The van der Waals surface area contributed by atoms with E-state index in [0.29, 0.717) is 0 Å². The molecule has 1 saturated heterocycles. The number of hydrogen-bond donors (Lipinski definition) is 1. The lowest BCUT2D eigenvalue weighted by Crippen LogP contribution is -2.92. The molecular formula is C6H15BF4N2. The van der Waals surface area contributed by atoms with Crippen molar-refractivity contribution in [3.05, 3.63) is 0 Å². The van der Waals surface area contributed by atoms with Gasteiger partial charge in [-0.3, -0.25) is 5.43 Å². The normalized spacial score (nSPS) is 18.2. The van der Waals surface area contributed by atoms with E-state index in [2.05, 4.69) is 17.4 Å². The van der Waals surface area contributed by atoms with Gasteiger partial charge in [-0.2, -0.15) is 5.01 Å². The first-order valence-electron chi connectivity index (χ1n) is 4.38. The molecule has 0 atom stereocenters. The Morgan fingerprint density at radius 2 is 1.54 bits per heavy atom. The summed E-state index contributed by atoms with van der Waals surface area (Å²) in [6.45, 7) is 5.99. The van der Waals surface area contributed by atoms with Crippen molar-refractivity contribution in [1.82, 2.24) is 5.01 Å². The highest BCUT2D eigenvalue weighted by Gasteiger charge is 2.20. The van der Waals surface area contributed by atoms with Gasteiger partial charge < -0.3 is 17.3 Å². The van der Waals surface area contributed by atoms with Crippen LogP contribution in [0.5, 0.6) is 0 Å². The Labute approximate surface area is 75.4 Å². The van der Waals surface area contributed by atoms with E-state index in [1.807, 2.05) is 0 Å². The summed E-state index contributed by atoms with van der Waals surface area (Å²) in [5, 5.41) is 2.42. The van der Waals surface area contributed by atoms with Crippen molar-refractivity contribution in [2.75, 3.05) is 19.6 Å². The van der Waals surface area contributed by atoms with Gasteiger partial charge in [0.05, 0.1) is 6.54 Å². The molecule has 0 bridgehead atoms. The van der Waals surface area contributed by atoms with Crippen LogP contribution in [0.25, 0.3) is 0 Å². The van der Waals surface area contributed by atoms with Gasteiger partial charge in [0.15, 0.2) is 0 Å². The fourth-order valence-electron chi connectivity index (χ4n) is 1.18. The zero-order valence-electron chi connectivity index (χ0n) is 7.65. The maximum Gasteiger partial charge on any atom is 0.673 e. The standard InChI is InChI=1S/C6H14N2.BF4/c1-2-7-8-5-3-4-6-8;2-1(3,4)5/h7H,2-6H2,1H3;/q;-1/p+1. The summed E-state index contributed by atoms with van der Waals surface area (Å²) >= 11 is 0. The molecule has 0 aromatic heterocycles. The summed E-state index contributed by atoms with van der Waals surface area (Å²) < 4.78 is 39.0. The Bertz CT molecular complexity index is 118. The van der Waals surface area contributed by atoms with E-state index >= 15 is 0 Å². The van der Waals surface area contributed by atoms with Crippen molar-refractivity contribution >= 4 is 7.25 Å². The lowest BCUT2D eigenvalue weighted by atomic mass is 10.3. The SMILES string of the molecule is CC[NH2+]N1CCCC1.F[B-](F)(F)F.